The fourth-order valence-corrected chi connectivity index (χ4v) is 2.92. The van der Waals surface area contributed by atoms with Crippen molar-refractivity contribution in [1.82, 2.24) is 14.8 Å². The molecule has 102 valence electrons. The molecule has 0 saturated carbocycles. The minimum atomic E-state index is -0.0316. The van der Waals surface area contributed by atoms with Crippen molar-refractivity contribution in [2.24, 2.45) is 7.05 Å². The molecule has 0 bridgehead atoms. The van der Waals surface area contributed by atoms with E-state index < -0.39 is 0 Å². The number of hydrogen-bond acceptors (Lipinski definition) is 3. The largest absolute Gasteiger partial charge is 0.349 e. The van der Waals surface area contributed by atoms with Gasteiger partial charge in [-0.2, -0.15) is 0 Å². The summed E-state index contributed by atoms with van der Waals surface area (Å²) < 4.78 is 1.82. The molecule has 5 heteroatoms. The predicted molar refractivity (Wildman–Crippen MR) is 78.5 cm³/mol. The Morgan fingerprint density at radius 2 is 2.21 bits per heavy atom. The zero-order valence-corrected chi connectivity index (χ0v) is 12.3. The van der Waals surface area contributed by atoms with Crippen molar-refractivity contribution in [3.8, 4) is 0 Å². The van der Waals surface area contributed by atoms with Crippen LogP contribution in [-0.4, -0.2) is 36.0 Å². The second-order valence-corrected chi connectivity index (χ2v) is 5.69. The van der Waals surface area contributed by atoms with Gasteiger partial charge in [0.2, 0.25) is 0 Å². The van der Waals surface area contributed by atoms with Gasteiger partial charge in [-0.25, -0.2) is 0 Å². The number of amides is 1. The molecule has 0 spiro atoms. The maximum Gasteiger partial charge on any atom is 0.267 e. The number of aryl methyl sites for hydroxylation is 1. The van der Waals surface area contributed by atoms with Gasteiger partial charge in [0.1, 0.15) is 5.69 Å². The number of hydrogen-bond donors (Lipinski definition) is 1. The Morgan fingerprint density at radius 1 is 1.42 bits per heavy atom. The normalized spacial score (nSPS) is 12.6. The van der Waals surface area contributed by atoms with Gasteiger partial charge in [-0.05, 0) is 37.7 Å². The molecule has 2 aromatic rings. The molecule has 2 rings (SSSR count). The highest BCUT2D eigenvalue weighted by atomic mass is 32.1. The molecule has 0 fully saturated rings. The van der Waals surface area contributed by atoms with Crippen LogP contribution in [0, 0.1) is 0 Å². The van der Waals surface area contributed by atoms with Crippen LogP contribution in [0.5, 0.6) is 0 Å². The van der Waals surface area contributed by atoms with Crippen molar-refractivity contribution in [3.05, 3.63) is 46.4 Å². The van der Waals surface area contributed by atoms with Crippen LogP contribution in [0.4, 0.5) is 0 Å². The van der Waals surface area contributed by atoms with Crippen molar-refractivity contribution in [2.75, 3.05) is 20.6 Å². The molecular weight excluding hydrogens is 258 g/mol. The van der Waals surface area contributed by atoms with Crippen LogP contribution in [0.15, 0.2) is 35.8 Å². The number of nitrogens with one attached hydrogen (secondary N) is 1. The monoisotopic (exact) mass is 277 g/mol. The number of likely N-dealkylation sites (N-methyl/N-ethyl adjacent to an activating group) is 1. The number of carbonyl (C=O) groups is 1. The number of rotatable bonds is 5. The molecule has 19 heavy (non-hydrogen) atoms. The van der Waals surface area contributed by atoms with Gasteiger partial charge in [0.25, 0.3) is 5.91 Å². The van der Waals surface area contributed by atoms with E-state index in [-0.39, 0.29) is 11.9 Å². The first-order chi connectivity index (χ1) is 9.09. The van der Waals surface area contributed by atoms with Gasteiger partial charge in [0, 0.05) is 24.7 Å². The maximum absolute atomic E-state index is 12.1. The molecule has 0 aliphatic rings. The summed E-state index contributed by atoms with van der Waals surface area (Å²) in [6, 6.07) is 8.05. The summed E-state index contributed by atoms with van der Waals surface area (Å²) >= 11 is 1.71. The quantitative estimate of drug-likeness (QED) is 0.909. The van der Waals surface area contributed by atoms with E-state index in [1.165, 1.54) is 4.88 Å². The van der Waals surface area contributed by atoms with Crippen molar-refractivity contribution < 1.29 is 4.79 Å². The van der Waals surface area contributed by atoms with Crippen LogP contribution in [0.1, 0.15) is 21.4 Å². The molecule has 0 aromatic carbocycles. The van der Waals surface area contributed by atoms with Crippen molar-refractivity contribution >= 4 is 17.2 Å². The highest BCUT2D eigenvalue weighted by Gasteiger charge is 2.17. The van der Waals surface area contributed by atoms with Crippen molar-refractivity contribution in [3.63, 3.8) is 0 Å². The lowest BCUT2D eigenvalue weighted by Gasteiger charge is -2.23. The molecule has 1 atom stereocenters. The SMILES string of the molecule is CN(C)C(CNC(=O)c1cccn1C)c1cccs1. The molecule has 0 radical (unpaired) electrons. The topological polar surface area (TPSA) is 37.3 Å². The lowest BCUT2D eigenvalue weighted by molar-refractivity contribution is 0.0934. The summed E-state index contributed by atoms with van der Waals surface area (Å²) in [6.07, 6.45) is 1.87. The number of thiophene rings is 1. The second kappa shape index (κ2) is 6.04. The van der Waals surface area contributed by atoms with Crippen molar-refractivity contribution in [2.45, 2.75) is 6.04 Å². The molecule has 1 N–H and O–H groups in total. The van der Waals surface area contributed by atoms with Crippen molar-refractivity contribution in [1.29, 1.82) is 0 Å². The van der Waals surface area contributed by atoms with E-state index in [1.54, 1.807) is 11.3 Å². The highest BCUT2D eigenvalue weighted by molar-refractivity contribution is 7.10. The Balaban J connectivity index is 2.00. The third-order valence-corrected chi connectivity index (χ3v) is 4.10. The van der Waals surface area contributed by atoms with Crippen LogP contribution in [-0.2, 0) is 7.05 Å². The van der Waals surface area contributed by atoms with Gasteiger partial charge in [0.15, 0.2) is 0 Å². The fraction of sp³-hybridized carbons (Fsp3) is 0.357. The number of carbonyl (C=O) groups excluding carboxylic acids is 1. The number of nitrogens with zero attached hydrogens (tertiary/aromatic N) is 2. The van der Waals surface area contributed by atoms with Gasteiger partial charge in [-0.15, -0.1) is 11.3 Å². The van der Waals surface area contributed by atoms with Crippen LogP contribution >= 0.6 is 11.3 Å². The Labute approximate surface area is 117 Å². The lowest BCUT2D eigenvalue weighted by atomic mass is 10.2. The van der Waals surface area contributed by atoms with Crippen LogP contribution in [0.25, 0.3) is 0 Å². The van der Waals surface area contributed by atoms with Gasteiger partial charge in [-0.1, -0.05) is 6.07 Å². The summed E-state index contributed by atoms with van der Waals surface area (Å²) in [7, 11) is 5.93. The molecule has 0 aliphatic heterocycles. The van der Waals surface area contributed by atoms with E-state index in [0.717, 1.165) is 0 Å². The summed E-state index contributed by atoms with van der Waals surface area (Å²) in [5.74, 6) is -0.0316. The molecule has 1 amide bonds. The van der Waals surface area contributed by atoms with Crippen LogP contribution in [0.2, 0.25) is 0 Å². The summed E-state index contributed by atoms with van der Waals surface area (Å²) in [4.78, 5) is 15.5. The Hall–Kier alpha value is -1.59. The number of aromatic nitrogens is 1. The van der Waals surface area contributed by atoms with E-state index in [1.807, 2.05) is 50.1 Å². The molecule has 0 aliphatic carbocycles. The molecule has 2 heterocycles. The summed E-state index contributed by atoms with van der Waals surface area (Å²) in [5.41, 5.74) is 0.684. The third kappa shape index (κ3) is 3.24. The van der Waals surface area contributed by atoms with E-state index in [0.29, 0.717) is 12.2 Å². The fourth-order valence-electron chi connectivity index (χ4n) is 2.00. The third-order valence-electron chi connectivity index (χ3n) is 3.13. The van der Waals surface area contributed by atoms with E-state index in [2.05, 4.69) is 21.7 Å². The smallest absolute Gasteiger partial charge is 0.267 e. The first-order valence-electron chi connectivity index (χ1n) is 6.19. The van der Waals surface area contributed by atoms with Crippen LogP contribution in [0.3, 0.4) is 0 Å². The van der Waals surface area contributed by atoms with E-state index >= 15 is 0 Å². The zero-order valence-electron chi connectivity index (χ0n) is 11.5. The van der Waals surface area contributed by atoms with Gasteiger partial charge in [-0.3, -0.25) is 4.79 Å². The molecule has 1 unspecified atom stereocenters. The molecule has 0 saturated heterocycles. The van der Waals surface area contributed by atoms with Gasteiger partial charge >= 0.3 is 0 Å². The molecular formula is C14H19N3OS. The maximum atomic E-state index is 12.1. The van der Waals surface area contributed by atoms with Crippen LogP contribution < -0.4 is 5.32 Å². The van der Waals surface area contributed by atoms with Gasteiger partial charge in [0.05, 0.1) is 6.04 Å². The molecule has 2 aromatic heterocycles. The standard InChI is InChI=1S/C14H19N3OS/c1-16(2)12(13-7-5-9-19-13)10-15-14(18)11-6-4-8-17(11)3/h4-9,12H,10H2,1-3H3,(H,15,18). The van der Waals surface area contributed by atoms with E-state index in [9.17, 15) is 4.79 Å². The second-order valence-electron chi connectivity index (χ2n) is 4.71. The lowest BCUT2D eigenvalue weighted by Crippen LogP contribution is -2.34. The average Bonchev–Trinajstić information content (AvgIpc) is 3.00. The average molecular weight is 277 g/mol. The minimum absolute atomic E-state index is 0.0316. The minimum Gasteiger partial charge on any atom is -0.349 e. The first-order valence-corrected chi connectivity index (χ1v) is 7.07. The van der Waals surface area contributed by atoms with E-state index in [4.69, 9.17) is 0 Å². The Morgan fingerprint density at radius 3 is 2.74 bits per heavy atom. The Bertz CT molecular complexity index is 531. The first kappa shape index (κ1) is 13.8. The van der Waals surface area contributed by atoms with Gasteiger partial charge < -0.3 is 14.8 Å². The Kier molecular flexibility index (Phi) is 4.39. The molecule has 4 nitrogen and oxygen atoms in total. The summed E-state index contributed by atoms with van der Waals surface area (Å²) in [6.45, 7) is 0.609. The summed E-state index contributed by atoms with van der Waals surface area (Å²) in [5, 5.41) is 5.06. The zero-order chi connectivity index (χ0) is 13.8. The highest BCUT2D eigenvalue weighted by Crippen LogP contribution is 2.22. The predicted octanol–water partition coefficient (Wildman–Crippen LogP) is 2.12.